The number of hydrogen-bond donors (Lipinski definition) is 0. The smallest absolute Gasteiger partial charge is 0.196 e. The molecule has 0 N–H and O–H groups in total. The van der Waals surface area contributed by atoms with E-state index in [9.17, 15) is 9.59 Å². The highest BCUT2D eigenvalue weighted by Gasteiger charge is 2.36. The van der Waals surface area contributed by atoms with Crippen molar-refractivity contribution in [1.82, 2.24) is 0 Å². The summed E-state index contributed by atoms with van der Waals surface area (Å²) in [6, 6.07) is 6.64. The summed E-state index contributed by atoms with van der Waals surface area (Å²) in [4.78, 5) is 27.3. The third-order valence-electron chi connectivity index (χ3n) is 3.62. The molecule has 0 atom stereocenters. The average molecular weight is 355 g/mol. The van der Waals surface area contributed by atoms with E-state index in [0.29, 0.717) is 16.8 Å². The first-order chi connectivity index (χ1) is 10.4. The van der Waals surface area contributed by atoms with Crippen LogP contribution in [0.1, 0.15) is 31.8 Å². The van der Waals surface area contributed by atoms with E-state index in [1.54, 1.807) is 43.3 Å². The lowest BCUT2D eigenvalue weighted by molar-refractivity contribution is 0.0979. The van der Waals surface area contributed by atoms with E-state index in [1.807, 2.05) is 0 Å². The monoisotopic (exact) mass is 353 g/mol. The van der Waals surface area contributed by atoms with Gasteiger partial charge in [0.05, 0.1) is 31.9 Å². The van der Waals surface area contributed by atoms with Crippen LogP contribution in [0.4, 0.5) is 5.69 Å². The molecule has 0 amide bonds. The first-order valence-corrected chi connectivity index (χ1v) is 7.55. The number of nitrogens with zero attached hydrogens (tertiary/aromatic N) is 1. The Hall–Kier alpha value is -1.55. The van der Waals surface area contributed by atoms with Crippen molar-refractivity contribution < 1.29 is 9.59 Å². The normalized spacial score (nSPS) is 13.0. The van der Waals surface area contributed by atoms with Crippen LogP contribution in [0, 0.1) is 0 Å². The summed E-state index contributed by atoms with van der Waals surface area (Å²) < 4.78 is 0. The van der Waals surface area contributed by atoms with E-state index in [2.05, 4.69) is 0 Å². The van der Waals surface area contributed by atoms with E-state index < -0.39 is 0 Å². The number of carbonyl (C=O) groups excluding carboxylic acids is 2. The quantitative estimate of drug-likeness (QED) is 0.604. The summed E-state index contributed by atoms with van der Waals surface area (Å²) in [5, 5.41) is 0.252. The van der Waals surface area contributed by atoms with Gasteiger partial charge in [-0.3, -0.25) is 9.59 Å². The molecule has 2 aromatic rings. The van der Waals surface area contributed by atoms with E-state index in [0.717, 1.165) is 0 Å². The molecule has 2 aromatic carbocycles. The summed E-state index contributed by atoms with van der Waals surface area (Å²) in [7, 11) is 3.45. The molecule has 0 spiro atoms. The molecule has 0 aromatic heterocycles. The van der Waals surface area contributed by atoms with Crippen molar-refractivity contribution in [2.24, 2.45) is 0 Å². The number of hydrogen-bond acceptors (Lipinski definition) is 3. The molecule has 22 heavy (non-hydrogen) atoms. The van der Waals surface area contributed by atoms with Crippen LogP contribution >= 0.6 is 34.8 Å². The zero-order valence-corrected chi connectivity index (χ0v) is 14.0. The molecule has 112 valence electrons. The first-order valence-electron chi connectivity index (χ1n) is 6.42. The van der Waals surface area contributed by atoms with Crippen molar-refractivity contribution >= 4 is 52.1 Å². The van der Waals surface area contributed by atoms with E-state index in [4.69, 9.17) is 34.8 Å². The molecule has 6 heteroatoms. The van der Waals surface area contributed by atoms with Crippen molar-refractivity contribution in [1.29, 1.82) is 0 Å². The lowest BCUT2D eigenvalue weighted by Gasteiger charge is -2.26. The Morgan fingerprint density at radius 2 is 1.27 bits per heavy atom. The molecule has 0 aliphatic heterocycles. The maximum atomic E-state index is 12.9. The summed E-state index contributed by atoms with van der Waals surface area (Å²) in [6.45, 7) is 0. The summed E-state index contributed by atoms with van der Waals surface area (Å²) in [5.74, 6) is -0.605. The Morgan fingerprint density at radius 3 is 1.77 bits per heavy atom. The molecular formula is C16H10Cl3NO2. The van der Waals surface area contributed by atoms with E-state index >= 15 is 0 Å². The Kier molecular flexibility index (Phi) is 3.68. The van der Waals surface area contributed by atoms with Gasteiger partial charge in [0.1, 0.15) is 0 Å². The number of carbonyl (C=O) groups is 2. The van der Waals surface area contributed by atoms with Crippen LogP contribution in [-0.2, 0) is 0 Å². The van der Waals surface area contributed by atoms with Gasteiger partial charge in [0, 0.05) is 25.2 Å². The zero-order chi connectivity index (χ0) is 16.2. The van der Waals surface area contributed by atoms with Crippen LogP contribution in [0.25, 0.3) is 0 Å². The highest BCUT2D eigenvalue weighted by Crippen LogP contribution is 2.46. The maximum Gasteiger partial charge on any atom is 0.196 e. The van der Waals surface area contributed by atoms with Gasteiger partial charge >= 0.3 is 0 Å². The van der Waals surface area contributed by atoms with Crippen molar-refractivity contribution in [3.05, 3.63) is 61.6 Å². The maximum absolute atomic E-state index is 12.9. The van der Waals surface area contributed by atoms with Crippen LogP contribution in [0.5, 0.6) is 0 Å². The van der Waals surface area contributed by atoms with Crippen molar-refractivity contribution in [3.63, 3.8) is 0 Å². The molecule has 3 nitrogen and oxygen atoms in total. The topological polar surface area (TPSA) is 37.4 Å². The van der Waals surface area contributed by atoms with Crippen LogP contribution in [0.15, 0.2) is 24.3 Å². The fourth-order valence-corrected chi connectivity index (χ4v) is 3.52. The zero-order valence-electron chi connectivity index (χ0n) is 11.7. The lowest BCUT2D eigenvalue weighted by atomic mass is 9.83. The van der Waals surface area contributed by atoms with Crippen molar-refractivity contribution in [3.8, 4) is 0 Å². The lowest BCUT2D eigenvalue weighted by Crippen LogP contribution is -2.25. The second kappa shape index (κ2) is 5.27. The van der Waals surface area contributed by atoms with Crippen LogP contribution in [0.2, 0.25) is 15.1 Å². The molecule has 3 rings (SSSR count). The molecule has 0 unspecified atom stereocenters. The van der Waals surface area contributed by atoms with E-state index in [-0.39, 0.29) is 37.8 Å². The number of benzene rings is 2. The highest BCUT2D eigenvalue weighted by atomic mass is 35.5. The standard InChI is InChI=1S/C16H10Cl3NO2/c1-20(2)14-10-9(11(17)12(18)13(14)19)15(21)7-5-3-4-6-8(7)16(10)22/h3-6H,1-2H3. The van der Waals surface area contributed by atoms with Gasteiger partial charge in [-0.1, -0.05) is 59.1 Å². The molecule has 0 radical (unpaired) electrons. The minimum absolute atomic E-state index is 0.0140. The van der Waals surface area contributed by atoms with Gasteiger partial charge in [0.2, 0.25) is 0 Å². The minimum Gasteiger partial charge on any atom is -0.376 e. The molecule has 0 fully saturated rings. The third-order valence-corrected chi connectivity index (χ3v) is 4.93. The molecule has 0 saturated heterocycles. The number of anilines is 1. The summed E-state index contributed by atoms with van der Waals surface area (Å²) >= 11 is 18.6. The molecule has 0 bridgehead atoms. The number of halogens is 3. The van der Waals surface area contributed by atoms with Gasteiger partial charge in [-0.25, -0.2) is 0 Å². The average Bonchev–Trinajstić information content (AvgIpc) is 2.49. The van der Waals surface area contributed by atoms with Crippen LogP contribution < -0.4 is 4.90 Å². The summed E-state index contributed by atoms with van der Waals surface area (Å²) in [6.07, 6.45) is 0. The minimum atomic E-state index is -0.322. The van der Waals surface area contributed by atoms with Gasteiger partial charge in [-0.15, -0.1) is 0 Å². The van der Waals surface area contributed by atoms with Gasteiger partial charge in [0.25, 0.3) is 0 Å². The van der Waals surface area contributed by atoms with Gasteiger partial charge in [-0.05, 0) is 0 Å². The molecular weight excluding hydrogens is 345 g/mol. The fourth-order valence-electron chi connectivity index (χ4n) is 2.65. The van der Waals surface area contributed by atoms with Gasteiger partial charge in [-0.2, -0.15) is 0 Å². The number of fused-ring (bicyclic) bond motifs is 2. The van der Waals surface area contributed by atoms with E-state index in [1.165, 1.54) is 0 Å². The van der Waals surface area contributed by atoms with Gasteiger partial charge in [0.15, 0.2) is 11.6 Å². The Bertz CT molecular complexity index is 844. The predicted molar refractivity (Wildman–Crippen MR) is 89.1 cm³/mol. The van der Waals surface area contributed by atoms with Crippen molar-refractivity contribution in [2.75, 3.05) is 19.0 Å². The van der Waals surface area contributed by atoms with Gasteiger partial charge < -0.3 is 4.90 Å². The van der Waals surface area contributed by atoms with Crippen molar-refractivity contribution in [2.45, 2.75) is 0 Å². The Morgan fingerprint density at radius 1 is 0.773 bits per heavy atom. The fraction of sp³-hybridized carbons (Fsp3) is 0.125. The Labute approximate surface area is 142 Å². The number of rotatable bonds is 1. The molecule has 0 heterocycles. The molecule has 1 aliphatic rings. The Balaban J connectivity index is 2.47. The second-order valence-corrected chi connectivity index (χ2v) is 6.27. The SMILES string of the molecule is CN(C)c1c(Cl)c(Cl)c(Cl)c2c1C(=O)c1ccccc1C2=O. The molecule has 1 aliphatic carbocycles. The number of ketones is 2. The van der Waals surface area contributed by atoms with Crippen LogP contribution in [0.3, 0.4) is 0 Å². The first kappa shape index (κ1) is 15.3. The van der Waals surface area contributed by atoms with Crippen LogP contribution in [-0.4, -0.2) is 25.7 Å². The highest BCUT2D eigenvalue weighted by molar-refractivity contribution is 6.52. The third kappa shape index (κ3) is 1.97. The summed E-state index contributed by atoms with van der Waals surface area (Å²) in [5.41, 5.74) is 1.39. The largest absolute Gasteiger partial charge is 0.376 e. The predicted octanol–water partition coefficient (Wildman–Crippen LogP) is 4.49. The second-order valence-electron chi connectivity index (χ2n) is 5.14. The molecule has 0 saturated carbocycles.